The van der Waals surface area contributed by atoms with Gasteiger partial charge < -0.3 is 15.8 Å². The van der Waals surface area contributed by atoms with Crippen LogP contribution in [-0.2, 0) is 4.74 Å². The Morgan fingerprint density at radius 3 is 2.19 bits per heavy atom. The predicted molar refractivity (Wildman–Crippen MR) is 55.1 cm³/mol. The molecule has 1 fully saturated rings. The SMILES string of the molecule is CC1CC(CN)(NCC(F)(F)F)CC(C)O1. The predicted octanol–water partition coefficient (Wildman–Crippen LogP) is 1.42. The molecule has 1 heterocycles. The van der Waals surface area contributed by atoms with Crippen molar-refractivity contribution in [3.05, 3.63) is 0 Å². The summed E-state index contributed by atoms with van der Waals surface area (Å²) >= 11 is 0. The molecule has 3 N–H and O–H groups in total. The number of halogens is 3. The van der Waals surface area contributed by atoms with Crippen LogP contribution in [0.15, 0.2) is 0 Å². The summed E-state index contributed by atoms with van der Waals surface area (Å²) in [6, 6.07) is 0. The number of nitrogens with one attached hydrogen (secondary N) is 1. The molecular weight excluding hydrogens is 221 g/mol. The Bertz CT molecular complexity index is 223. The number of hydrogen-bond donors (Lipinski definition) is 2. The second kappa shape index (κ2) is 4.89. The molecule has 3 nitrogen and oxygen atoms in total. The van der Waals surface area contributed by atoms with Crippen LogP contribution in [-0.4, -0.2) is 37.0 Å². The quantitative estimate of drug-likeness (QED) is 0.784. The van der Waals surface area contributed by atoms with Gasteiger partial charge in [0.2, 0.25) is 0 Å². The van der Waals surface area contributed by atoms with Crippen molar-refractivity contribution in [3.63, 3.8) is 0 Å². The van der Waals surface area contributed by atoms with Crippen LogP contribution < -0.4 is 11.1 Å². The minimum atomic E-state index is -4.20. The first-order valence-corrected chi connectivity index (χ1v) is 5.44. The molecule has 1 rings (SSSR count). The smallest absolute Gasteiger partial charge is 0.375 e. The van der Waals surface area contributed by atoms with Gasteiger partial charge in [0.25, 0.3) is 0 Å². The zero-order valence-corrected chi connectivity index (χ0v) is 9.60. The van der Waals surface area contributed by atoms with Crippen LogP contribution >= 0.6 is 0 Å². The Morgan fingerprint density at radius 1 is 1.31 bits per heavy atom. The third kappa shape index (κ3) is 3.92. The second-order valence-corrected chi connectivity index (χ2v) is 4.62. The van der Waals surface area contributed by atoms with Crippen LogP contribution in [0.1, 0.15) is 26.7 Å². The van der Waals surface area contributed by atoms with Crippen LogP contribution in [0, 0.1) is 0 Å². The molecule has 0 radical (unpaired) electrons. The summed E-state index contributed by atoms with van der Waals surface area (Å²) in [5, 5.41) is 2.56. The highest BCUT2D eigenvalue weighted by Gasteiger charge is 2.40. The largest absolute Gasteiger partial charge is 0.401 e. The van der Waals surface area contributed by atoms with Gasteiger partial charge in [-0.3, -0.25) is 0 Å². The molecular formula is C10H19F3N2O. The molecule has 1 saturated heterocycles. The summed E-state index contributed by atoms with van der Waals surface area (Å²) in [6.07, 6.45) is -3.29. The van der Waals surface area contributed by atoms with E-state index in [4.69, 9.17) is 10.5 Å². The van der Waals surface area contributed by atoms with E-state index < -0.39 is 18.3 Å². The van der Waals surface area contributed by atoms with Gasteiger partial charge in [-0.15, -0.1) is 0 Å². The molecule has 0 amide bonds. The van der Waals surface area contributed by atoms with E-state index in [2.05, 4.69) is 5.32 Å². The fourth-order valence-corrected chi connectivity index (χ4v) is 2.35. The molecule has 0 aromatic carbocycles. The van der Waals surface area contributed by atoms with Crippen LogP contribution in [0.2, 0.25) is 0 Å². The van der Waals surface area contributed by atoms with Gasteiger partial charge >= 0.3 is 6.18 Å². The molecule has 2 atom stereocenters. The maximum Gasteiger partial charge on any atom is 0.401 e. The van der Waals surface area contributed by atoms with Crippen molar-refractivity contribution in [2.45, 2.75) is 50.6 Å². The van der Waals surface area contributed by atoms with Crippen LogP contribution in [0.5, 0.6) is 0 Å². The molecule has 16 heavy (non-hydrogen) atoms. The van der Waals surface area contributed by atoms with Gasteiger partial charge in [-0.1, -0.05) is 0 Å². The van der Waals surface area contributed by atoms with E-state index in [0.717, 1.165) is 0 Å². The van der Waals surface area contributed by atoms with E-state index in [1.54, 1.807) is 0 Å². The number of nitrogens with two attached hydrogens (primary N) is 1. The van der Waals surface area contributed by atoms with E-state index in [9.17, 15) is 13.2 Å². The average molecular weight is 240 g/mol. The van der Waals surface area contributed by atoms with Crippen molar-refractivity contribution in [1.29, 1.82) is 0 Å². The van der Waals surface area contributed by atoms with Crippen LogP contribution in [0.4, 0.5) is 13.2 Å². The first-order valence-electron chi connectivity index (χ1n) is 5.44. The third-order valence-corrected chi connectivity index (χ3v) is 2.88. The molecule has 2 unspecified atom stereocenters. The molecule has 6 heteroatoms. The van der Waals surface area contributed by atoms with Gasteiger partial charge in [0.1, 0.15) is 0 Å². The lowest BCUT2D eigenvalue weighted by Crippen LogP contribution is -2.59. The van der Waals surface area contributed by atoms with Crippen LogP contribution in [0.25, 0.3) is 0 Å². The maximum atomic E-state index is 12.2. The van der Waals surface area contributed by atoms with Crippen molar-refractivity contribution < 1.29 is 17.9 Å². The number of ether oxygens (including phenoxy) is 1. The zero-order valence-electron chi connectivity index (χ0n) is 9.60. The Morgan fingerprint density at radius 2 is 1.81 bits per heavy atom. The summed E-state index contributed by atoms with van der Waals surface area (Å²) in [7, 11) is 0. The highest BCUT2D eigenvalue weighted by Crippen LogP contribution is 2.29. The zero-order chi connectivity index (χ0) is 12.4. The lowest BCUT2D eigenvalue weighted by atomic mass is 9.84. The van der Waals surface area contributed by atoms with E-state index in [1.165, 1.54) is 0 Å². The molecule has 0 saturated carbocycles. The van der Waals surface area contributed by atoms with E-state index >= 15 is 0 Å². The van der Waals surface area contributed by atoms with Crippen molar-refractivity contribution in [2.24, 2.45) is 5.73 Å². The Balaban J connectivity index is 2.62. The molecule has 1 aliphatic rings. The van der Waals surface area contributed by atoms with Gasteiger partial charge in [0.05, 0.1) is 18.8 Å². The van der Waals surface area contributed by atoms with Crippen molar-refractivity contribution in [2.75, 3.05) is 13.1 Å². The summed E-state index contributed by atoms with van der Waals surface area (Å²) in [6.45, 7) is 2.91. The Hall–Kier alpha value is -0.330. The maximum absolute atomic E-state index is 12.2. The molecule has 0 spiro atoms. The lowest BCUT2D eigenvalue weighted by molar-refractivity contribution is -0.136. The highest BCUT2D eigenvalue weighted by molar-refractivity contribution is 4.96. The van der Waals surface area contributed by atoms with Gasteiger partial charge in [0, 0.05) is 12.1 Å². The summed E-state index contributed by atoms with van der Waals surface area (Å²) in [5.74, 6) is 0. The standard InChI is InChI=1S/C10H19F3N2O/c1-7-3-9(5-14,4-8(2)16-7)15-6-10(11,12)13/h7-8,15H,3-6,14H2,1-2H3. The fourth-order valence-electron chi connectivity index (χ4n) is 2.35. The number of rotatable bonds is 3. The Labute approximate surface area is 93.5 Å². The fraction of sp³-hybridized carbons (Fsp3) is 1.00. The van der Waals surface area contributed by atoms with E-state index in [-0.39, 0.29) is 18.8 Å². The number of alkyl halides is 3. The lowest BCUT2D eigenvalue weighted by Gasteiger charge is -2.43. The summed E-state index contributed by atoms with van der Waals surface area (Å²) in [5.41, 5.74) is 4.96. The van der Waals surface area contributed by atoms with Crippen molar-refractivity contribution in [3.8, 4) is 0 Å². The third-order valence-electron chi connectivity index (χ3n) is 2.88. The van der Waals surface area contributed by atoms with E-state index in [1.807, 2.05) is 13.8 Å². The highest BCUT2D eigenvalue weighted by atomic mass is 19.4. The van der Waals surface area contributed by atoms with Crippen molar-refractivity contribution >= 4 is 0 Å². The summed E-state index contributed by atoms with van der Waals surface area (Å²) in [4.78, 5) is 0. The first-order chi connectivity index (χ1) is 7.26. The van der Waals surface area contributed by atoms with E-state index in [0.29, 0.717) is 12.8 Å². The topological polar surface area (TPSA) is 47.3 Å². The molecule has 96 valence electrons. The van der Waals surface area contributed by atoms with Gasteiger partial charge in [-0.2, -0.15) is 13.2 Å². The van der Waals surface area contributed by atoms with Gasteiger partial charge in [-0.05, 0) is 26.7 Å². The van der Waals surface area contributed by atoms with Gasteiger partial charge in [0.15, 0.2) is 0 Å². The molecule has 0 bridgehead atoms. The molecule has 1 aliphatic heterocycles. The monoisotopic (exact) mass is 240 g/mol. The minimum absolute atomic E-state index is 0.0620. The second-order valence-electron chi connectivity index (χ2n) is 4.62. The average Bonchev–Trinajstić information content (AvgIpc) is 2.12. The Kier molecular flexibility index (Phi) is 4.20. The first kappa shape index (κ1) is 13.7. The normalized spacial score (nSPS) is 36.4. The minimum Gasteiger partial charge on any atom is -0.375 e. The van der Waals surface area contributed by atoms with Crippen LogP contribution in [0.3, 0.4) is 0 Å². The molecule has 0 aromatic rings. The van der Waals surface area contributed by atoms with Gasteiger partial charge in [-0.25, -0.2) is 0 Å². The molecule has 0 aromatic heterocycles. The number of hydrogen-bond acceptors (Lipinski definition) is 3. The molecule has 0 aliphatic carbocycles. The van der Waals surface area contributed by atoms with Crippen molar-refractivity contribution in [1.82, 2.24) is 5.32 Å². The summed E-state index contributed by atoms with van der Waals surface area (Å²) < 4.78 is 42.0.